The maximum atomic E-state index is 14.6. The highest BCUT2D eigenvalue weighted by atomic mass is 19.2. The lowest BCUT2D eigenvalue weighted by molar-refractivity contribution is -0.142. The minimum atomic E-state index is -1.39. The zero-order valence-electron chi connectivity index (χ0n) is 15.6. The number of carbonyl (C=O) groups is 2. The maximum Gasteiger partial charge on any atom is 0.495 e. The second kappa shape index (κ2) is 6.96. The number of ether oxygens (including phenoxy) is 2. The van der Waals surface area contributed by atoms with Gasteiger partial charge in [0.1, 0.15) is 6.61 Å². The predicted molar refractivity (Wildman–Crippen MR) is 88.9 cm³/mol. The minimum absolute atomic E-state index is 0.0594. The molecule has 0 spiro atoms. The van der Waals surface area contributed by atoms with Crippen molar-refractivity contribution >= 4 is 24.5 Å². The van der Waals surface area contributed by atoms with Gasteiger partial charge >= 0.3 is 19.1 Å². The fraction of sp³-hybridized carbons (Fsp3) is 0.529. The standard InChI is InChI=1S/C17H21BF2O6/c1-9(21)24-8-11-12(18-25-16(2,3)17(4,5)26-18)7-10(15(22)23-6)13(19)14(11)20/h7H,8H2,1-6H3. The Morgan fingerprint density at radius 1 is 1.12 bits per heavy atom. The highest BCUT2D eigenvalue weighted by molar-refractivity contribution is 6.62. The lowest BCUT2D eigenvalue weighted by Gasteiger charge is -2.32. The van der Waals surface area contributed by atoms with Crippen molar-refractivity contribution in [3.8, 4) is 0 Å². The summed E-state index contributed by atoms with van der Waals surface area (Å²) in [6.45, 7) is 7.78. The van der Waals surface area contributed by atoms with Gasteiger partial charge in [-0.05, 0) is 39.2 Å². The molecule has 1 fully saturated rings. The monoisotopic (exact) mass is 370 g/mol. The first-order valence-electron chi connectivity index (χ1n) is 7.99. The molecule has 0 atom stereocenters. The zero-order valence-corrected chi connectivity index (χ0v) is 15.6. The molecule has 1 aromatic rings. The molecule has 0 amide bonds. The van der Waals surface area contributed by atoms with E-state index >= 15 is 0 Å². The lowest BCUT2D eigenvalue weighted by atomic mass is 9.75. The molecule has 0 N–H and O–H groups in total. The van der Waals surface area contributed by atoms with E-state index in [1.165, 1.54) is 0 Å². The van der Waals surface area contributed by atoms with Gasteiger partial charge in [-0.15, -0.1) is 0 Å². The molecule has 0 bridgehead atoms. The molecule has 1 aliphatic heterocycles. The molecule has 0 radical (unpaired) electrons. The Morgan fingerprint density at radius 2 is 1.65 bits per heavy atom. The lowest BCUT2D eigenvalue weighted by Crippen LogP contribution is -2.41. The molecular weight excluding hydrogens is 349 g/mol. The van der Waals surface area contributed by atoms with Gasteiger partial charge in [-0.2, -0.15) is 0 Å². The summed E-state index contributed by atoms with van der Waals surface area (Å²) in [5.41, 5.74) is -2.28. The van der Waals surface area contributed by atoms with Crippen molar-refractivity contribution in [1.82, 2.24) is 0 Å². The van der Waals surface area contributed by atoms with Crippen molar-refractivity contribution in [3.63, 3.8) is 0 Å². The Balaban J connectivity index is 2.59. The smallest absolute Gasteiger partial charge is 0.465 e. The van der Waals surface area contributed by atoms with Crippen LogP contribution in [0.2, 0.25) is 0 Å². The average Bonchev–Trinajstić information content (AvgIpc) is 2.75. The minimum Gasteiger partial charge on any atom is -0.465 e. The van der Waals surface area contributed by atoms with Gasteiger partial charge in [0.25, 0.3) is 0 Å². The average molecular weight is 370 g/mol. The normalized spacial score (nSPS) is 17.9. The van der Waals surface area contributed by atoms with Crippen molar-refractivity contribution in [2.24, 2.45) is 0 Å². The fourth-order valence-electron chi connectivity index (χ4n) is 2.44. The molecular formula is C17H21BF2O6. The second-order valence-corrected chi connectivity index (χ2v) is 6.98. The van der Waals surface area contributed by atoms with Crippen LogP contribution >= 0.6 is 0 Å². The van der Waals surface area contributed by atoms with Gasteiger partial charge in [0.15, 0.2) is 11.6 Å². The van der Waals surface area contributed by atoms with Gasteiger partial charge in [-0.1, -0.05) is 0 Å². The van der Waals surface area contributed by atoms with Crippen molar-refractivity contribution in [1.29, 1.82) is 0 Å². The third-order valence-electron chi connectivity index (χ3n) is 4.67. The highest BCUT2D eigenvalue weighted by Crippen LogP contribution is 2.37. The first-order chi connectivity index (χ1) is 11.9. The van der Waals surface area contributed by atoms with Crippen molar-refractivity contribution in [2.75, 3.05) is 7.11 Å². The molecule has 142 valence electrons. The van der Waals surface area contributed by atoms with Gasteiger partial charge in [-0.25, -0.2) is 13.6 Å². The van der Waals surface area contributed by atoms with Gasteiger partial charge in [0.05, 0.1) is 23.9 Å². The summed E-state index contributed by atoms with van der Waals surface area (Å²) in [7, 11) is -0.0231. The van der Waals surface area contributed by atoms with E-state index in [1.807, 2.05) is 0 Å². The van der Waals surface area contributed by atoms with Crippen LogP contribution in [-0.2, 0) is 30.2 Å². The van der Waals surface area contributed by atoms with E-state index in [-0.39, 0.29) is 11.0 Å². The molecule has 9 heteroatoms. The molecule has 0 unspecified atom stereocenters. The van der Waals surface area contributed by atoms with Crippen LogP contribution in [0.1, 0.15) is 50.5 Å². The van der Waals surface area contributed by atoms with Crippen LogP contribution in [0.4, 0.5) is 8.78 Å². The molecule has 1 heterocycles. The van der Waals surface area contributed by atoms with Crippen LogP contribution in [0.15, 0.2) is 6.07 Å². The van der Waals surface area contributed by atoms with Crippen LogP contribution < -0.4 is 5.46 Å². The van der Waals surface area contributed by atoms with E-state index in [4.69, 9.17) is 14.0 Å². The number of esters is 2. The van der Waals surface area contributed by atoms with Crippen LogP contribution in [-0.4, -0.2) is 37.4 Å². The topological polar surface area (TPSA) is 71.1 Å². The van der Waals surface area contributed by atoms with Gasteiger partial charge < -0.3 is 18.8 Å². The van der Waals surface area contributed by atoms with Crippen LogP contribution in [0, 0.1) is 11.6 Å². The Hall–Kier alpha value is -2.00. The summed E-state index contributed by atoms with van der Waals surface area (Å²) in [5.74, 6) is -4.42. The van der Waals surface area contributed by atoms with Gasteiger partial charge in [0, 0.05) is 12.5 Å². The first kappa shape index (κ1) is 20.3. The molecule has 0 saturated carbocycles. The molecule has 26 heavy (non-hydrogen) atoms. The number of carbonyl (C=O) groups excluding carboxylic acids is 2. The van der Waals surface area contributed by atoms with E-state index < -0.39 is 54.1 Å². The molecule has 2 rings (SSSR count). The summed E-state index contributed by atoms with van der Waals surface area (Å²) in [5, 5.41) is 0. The van der Waals surface area contributed by atoms with Crippen LogP contribution in [0.5, 0.6) is 0 Å². The third-order valence-corrected chi connectivity index (χ3v) is 4.67. The van der Waals surface area contributed by atoms with Crippen molar-refractivity contribution in [3.05, 3.63) is 28.8 Å². The van der Waals surface area contributed by atoms with E-state index in [0.717, 1.165) is 20.1 Å². The van der Waals surface area contributed by atoms with E-state index in [1.54, 1.807) is 27.7 Å². The predicted octanol–water partition coefficient (Wildman–Crippen LogP) is 2.11. The van der Waals surface area contributed by atoms with E-state index in [0.29, 0.717) is 0 Å². The Morgan fingerprint density at radius 3 is 2.12 bits per heavy atom. The molecule has 0 aliphatic carbocycles. The summed E-state index contributed by atoms with van der Waals surface area (Å²) < 4.78 is 50.0. The van der Waals surface area contributed by atoms with Gasteiger partial charge in [-0.3, -0.25) is 4.79 Å². The fourth-order valence-corrected chi connectivity index (χ4v) is 2.44. The number of benzene rings is 1. The summed E-state index contributed by atoms with van der Waals surface area (Å²) >= 11 is 0. The zero-order chi connectivity index (χ0) is 19.9. The molecule has 0 aromatic heterocycles. The van der Waals surface area contributed by atoms with Crippen molar-refractivity contribution in [2.45, 2.75) is 52.4 Å². The summed E-state index contributed by atoms with van der Waals surface area (Å²) in [6, 6.07) is 1.10. The Kier molecular flexibility index (Phi) is 5.44. The quantitative estimate of drug-likeness (QED) is 0.597. The number of methoxy groups -OCH3 is 1. The maximum absolute atomic E-state index is 14.6. The molecule has 1 aromatic carbocycles. The first-order valence-corrected chi connectivity index (χ1v) is 7.99. The number of halogens is 2. The van der Waals surface area contributed by atoms with E-state index in [2.05, 4.69) is 4.74 Å². The number of hydrogen-bond donors (Lipinski definition) is 0. The largest absolute Gasteiger partial charge is 0.495 e. The molecule has 1 aliphatic rings. The van der Waals surface area contributed by atoms with Crippen LogP contribution in [0.25, 0.3) is 0 Å². The molecule has 1 saturated heterocycles. The van der Waals surface area contributed by atoms with Gasteiger partial charge in [0.2, 0.25) is 0 Å². The Labute approximate surface area is 150 Å². The molecule has 6 nitrogen and oxygen atoms in total. The number of rotatable bonds is 4. The number of hydrogen-bond acceptors (Lipinski definition) is 6. The van der Waals surface area contributed by atoms with Crippen molar-refractivity contribution < 1.29 is 37.2 Å². The summed E-state index contributed by atoms with van der Waals surface area (Å²) in [6.07, 6.45) is 0. The Bertz CT molecular complexity index is 731. The van der Waals surface area contributed by atoms with Crippen LogP contribution in [0.3, 0.4) is 0 Å². The highest BCUT2D eigenvalue weighted by Gasteiger charge is 2.52. The SMILES string of the molecule is COC(=O)c1cc(B2OC(C)(C)C(C)(C)O2)c(COC(C)=O)c(F)c1F. The van der Waals surface area contributed by atoms with E-state index in [9.17, 15) is 18.4 Å². The summed E-state index contributed by atoms with van der Waals surface area (Å²) in [4.78, 5) is 22.9. The second-order valence-electron chi connectivity index (χ2n) is 6.98. The third kappa shape index (κ3) is 3.59.